The lowest BCUT2D eigenvalue weighted by Gasteiger charge is -2.20. The minimum atomic E-state index is -0.163. The van der Waals surface area contributed by atoms with Crippen LogP contribution in [0, 0.1) is 9.39 Å². The normalized spacial score (nSPS) is 12.4. The highest BCUT2D eigenvalue weighted by atomic mass is 127. The molecule has 0 saturated carbocycles. The Morgan fingerprint density at radius 1 is 1.19 bits per heavy atom. The van der Waals surface area contributed by atoms with Crippen LogP contribution < -0.4 is 5.32 Å². The zero-order valence-corrected chi connectivity index (χ0v) is 15.6. The third kappa shape index (κ3) is 5.04. The van der Waals surface area contributed by atoms with E-state index in [-0.39, 0.29) is 11.9 Å². The van der Waals surface area contributed by atoms with Gasteiger partial charge in [0.15, 0.2) is 0 Å². The summed E-state index contributed by atoms with van der Waals surface area (Å²) in [6, 6.07) is 13.7. The van der Waals surface area contributed by atoms with Crippen molar-refractivity contribution >= 4 is 38.5 Å². The van der Waals surface area contributed by atoms with Gasteiger partial charge in [0.2, 0.25) is 0 Å². The van der Waals surface area contributed by atoms with E-state index in [1.165, 1.54) is 15.2 Å². The Hall–Kier alpha value is -0.460. The molecular formula is C17H18BrFIN. The first kappa shape index (κ1) is 16.9. The number of hydrogen-bond donors (Lipinski definition) is 1. The third-order valence-electron chi connectivity index (χ3n) is 3.33. The summed E-state index contributed by atoms with van der Waals surface area (Å²) in [6.07, 6.45) is 1.82. The molecule has 0 heterocycles. The first-order chi connectivity index (χ1) is 10.1. The Morgan fingerprint density at radius 3 is 2.52 bits per heavy atom. The van der Waals surface area contributed by atoms with Crippen molar-refractivity contribution < 1.29 is 4.39 Å². The molecule has 1 N–H and O–H groups in total. The molecule has 0 bridgehead atoms. The first-order valence-corrected chi connectivity index (χ1v) is 8.90. The van der Waals surface area contributed by atoms with E-state index in [0.717, 1.165) is 29.4 Å². The molecule has 0 aliphatic rings. The average Bonchev–Trinajstić information content (AvgIpc) is 2.46. The van der Waals surface area contributed by atoms with Crippen LogP contribution >= 0.6 is 38.5 Å². The number of nitrogens with one attached hydrogen (secondary N) is 1. The van der Waals surface area contributed by atoms with Crippen LogP contribution in [-0.2, 0) is 6.42 Å². The Kier molecular flexibility index (Phi) is 6.64. The van der Waals surface area contributed by atoms with E-state index in [9.17, 15) is 4.39 Å². The van der Waals surface area contributed by atoms with Crippen LogP contribution in [0.2, 0.25) is 0 Å². The van der Waals surface area contributed by atoms with Gasteiger partial charge < -0.3 is 5.32 Å². The predicted molar refractivity (Wildman–Crippen MR) is 98.0 cm³/mol. The summed E-state index contributed by atoms with van der Waals surface area (Å²) in [7, 11) is 0. The van der Waals surface area contributed by atoms with Gasteiger partial charge >= 0.3 is 0 Å². The molecule has 0 saturated heterocycles. The fourth-order valence-corrected chi connectivity index (χ4v) is 2.94. The highest BCUT2D eigenvalue weighted by Gasteiger charge is 2.16. The zero-order valence-electron chi connectivity index (χ0n) is 11.9. The molecule has 112 valence electrons. The molecule has 0 fully saturated rings. The van der Waals surface area contributed by atoms with Crippen LogP contribution in [0.4, 0.5) is 4.39 Å². The highest BCUT2D eigenvalue weighted by molar-refractivity contribution is 14.1. The van der Waals surface area contributed by atoms with E-state index in [2.05, 4.69) is 75.0 Å². The highest BCUT2D eigenvalue weighted by Crippen LogP contribution is 2.24. The fraction of sp³-hybridized carbons (Fsp3) is 0.294. The Morgan fingerprint density at radius 2 is 1.90 bits per heavy atom. The molecule has 0 amide bonds. The average molecular weight is 462 g/mol. The molecule has 2 aromatic carbocycles. The van der Waals surface area contributed by atoms with Crippen LogP contribution in [0.25, 0.3) is 0 Å². The molecule has 0 aliphatic carbocycles. The van der Waals surface area contributed by atoms with E-state index in [0.29, 0.717) is 0 Å². The van der Waals surface area contributed by atoms with Crippen LogP contribution in [-0.4, -0.2) is 6.54 Å². The number of rotatable bonds is 6. The number of hydrogen-bond acceptors (Lipinski definition) is 1. The first-order valence-electron chi connectivity index (χ1n) is 7.03. The predicted octanol–water partition coefficient (Wildman–Crippen LogP) is 5.48. The van der Waals surface area contributed by atoms with Crippen molar-refractivity contribution in [3.8, 4) is 0 Å². The van der Waals surface area contributed by atoms with Crippen molar-refractivity contribution in [1.29, 1.82) is 0 Å². The van der Waals surface area contributed by atoms with Gasteiger partial charge in [-0.15, -0.1) is 0 Å². The monoisotopic (exact) mass is 461 g/mol. The van der Waals surface area contributed by atoms with Gasteiger partial charge in [-0.05, 0) is 71.8 Å². The molecular weight excluding hydrogens is 444 g/mol. The lowest BCUT2D eigenvalue weighted by molar-refractivity contribution is 0.497. The van der Waals surface area contributed by atoms with Gasteiger partial charge in [0.1, 0.15) is 5.82 Å². The second kappa shape index (κ2) is 8.25. The lowest BCUT2D eigenvalue weighted by atomic mass is 9.98. The number of halogens is 3. The molecule has 4 heteroatoms. The van der Waals surface area contributed by atoms with Crippen LogP contribution in [0.15, 0.2) is 46.9 Å². The molecule has 0 aromatic heterocycles. The van der Waals surface area contributed by atoms with Crippen LogP contribution in [0.1, 0.15) is 30.5 Å². The molecule has 1 atom stereocenters. The van der Waals surface area contributed by atoms with Crippen LogP contribution in [0.5, 0.6) is 0 Å². The zero-order chi connectivity index (χ0) is 15.2. The van der Waals surface area contributed by atoms with Gasteiger partial charge in [-0.25, -0.2) is 4.39 Å². The molecule has 1 unspecified atom stereocenters. The Balaban J connectivity index is 2.22. The minimum absolute atomic E-state index is 0.00175. The minimum Gasteiger partial charge on any atom is -0.310 e. The maximum Gasteiger partial charge on any atom is 0.129 e. The quantitative estimate of drug-likeness (QED) is 0.562. The summed E-state index contributed by atoms with van der Waals surface area (Å²) in [6.45, 7) is 3.00. The summed E-state index contributed by atoms with van der Waals surface area (Å²) < 4.78 is 16.2. The van der Waals surface area contributed by atoms with Gasteiger partial charge in [0.25, 0.3) is 0 Å². The van der Waals surface area contributed by atoms with Gasteiger partial charge in [0, 0.05) is 19.6 Å². The summed E-state index contributed by atoms with van der Waals surface area (Å²) in [5.74, 6) is -0.163. The SMILES string of the molecule is CCCNC(Cc1ccc(I)cc1)c1ccc(Br)cc1F. The van der Waals surface area contributed by atoms with Crippen molar-refractivity contribution in [2.45, 2.75) is 25.8 Å². The number of benzene rings is 2. The van der Waals surface area contributed by atoms with Gasteiger partial charge in [0.05, 0.1) is 0 Å². The summed E-state index contributed by atoms with van der Waals surface area (Å²) >= 11 is 5.60. The fourth-order valence-electron chi connectivity index (χ4n) is 2.25. The van der Waals surface area contributed by atoms with E-state index >= 15 is 0 Å². The largest absolute Gasteiger partial charge is 0.310 e. The molecule has 1 nitrogen and oxygen atoms in total. The summed E-state index contributed by atoms with van der Waals surface area (Å²) in [4.78, 5) is 0. The van der Waals surface area contributed by atoms with E-state index < -0.39 is 0 Å². The van der Waals surface area contributed by atoms with E-state index in [1.807, 2.05) is 12.1 Å². The summed E-state index contributed by atoms with van der Waals surface area (Å²) in [5.41, 5.74) is 1.94. The van der Waals surface area contributed by atoms with Crippen molar-refractivity contribution in [3.05, 3.63) is 67.5 Å². The lowest BCUT2D eigenvalue weighted by Crippen LogP contribution is -2.25. The van der Waals surface area contributed by atoms with Crippen molar-refractivity contribution in [3.63, 3.8) is 0 Å². The van der Waals surface area contributed by atoms with E-state index in [1.54, 1.807) is 0 Å². The summed E-state index contributed by atoms with van der Waals surface area (Å²) in [5, 5.41) is 3.45. The topological polar surface area (TPSA) is 12.0 Å². The standard InChI is InChI=1S/C17H18BrFIN/c1-2-9-21-17(10-12-3-6-14(20)7-4-12)15-8-5-13(18)11-16(15)19/h3-8,11,17,21H,2,9-10H2,1H3. The van der Waals surface area contributed by atoms with Crippen molar-refractivity contribution in [2.24, 2.45) is 0 Å². The van der Waals surface area contributed by atoms with Gasteiger partial charge in [-0.2, -0.15) is 0 Å². The third-order valence-corrected chi connectivity index (χ3v) is 4.54. The van der Waals surface area contributed by atoms with Gasteiger partial charge in [-0.1, -0.05) is 41.1 Å². The maximum atomic E-state index is 14.2. The molecule has 0 radical (unpaired) electrons. The molecule has 2 aromatic rings. The molecule has 0 aliphatic heterocycles. The van der Waals surface area contributed by atoms with Gasteiger partial charge in [-0.3, -0.25) is 0 Å². The maximum absolute atomic E-state index is 14.2. The second-order valence-corrected chi connectivity index (χ2v) is 7.16. The van der Waals surface area contributed by atoms with Crippen molar-refractivity contribution in [1.82, 2.24) is 5.32 Å². The Labute approximate surface area is 147 Å². The molecule has 2 rings (SSSR count). The smallest absolute Gasteiger partial charge is 0.129 e. The molecule has 0 spiro atoms. The Bertz CT molecular complexity index is 586. The van der Waals surface area contributed by atoms with Crippen molar-refractivity contribution in [2.75, 3.05) is 6.54 Å². The van der Waals surface area contributed by atoms with Crippen LogP contribution in [0.3, 0.4) is 0 Å². The second-order valence-electron chi connectivity index (χ2n) is 5.00. The molecule has 21 heavy (non-hydrogen) atoms. The van der Waals surface area contributed by atoms with E-state index in [4.69, 9.17) is 0 Å².